The Morgan fingerprint density at radius 2 is 2.13 bits per heavy atom. The summed E-state index contributed by atoms with van der Waals surface area (Å²) in [5, 5.41) is 0. The molecular formula is C14H17Hf-. The van der Waals surface area contributed by atoms with Crippen molar-refractivity contribution in [2.75, 3.05) is 0 Å². The summed E-state index contributed by atoms with van der Waals surface area (Å²) in [6, 6.07) is 0. The SMILES string of the molecule is CC(C)C1=[C-]C2=CC=CCC(C)C2=C1.[Hf]. The van der Waals surface area contributed by atoms with Crippen molar-refractivity contribution in [1.82, 2.24) is 0 Å². The number of allylic oxidation sites excluding steroid dienone is 8. The molecule has 0 amide bonds. The summed E-state index contributed by atoms with van der Waals surface area (Å²) in [6.07, 6.45) is 13.6. The first-order valence-corrected chi connectivity index (χ1v) is 5.41. The third kappa shape index (κ3) is 2.69. The molecular weight excluding hydrogens is 347 g/mol. The van der Waals surface area contributed by atoms with Gasteiger partial charge in [0, 0.05) is 25.8 Å². The predicted octanol–water partition coefficient (Wildman–Crippen LogP) is 3.83. The molecule has 78 valence electrons. The van der Waals surface area contributed by atoms with Crippen LogP contribution in [0.4, 0.5) is 0 Å². The fraction of sp³-hybridized carbons (Fsp3) is 0.429. The monoisotopic (exact) mass is 365 g/mol. The molecule has 0 spiro atoms. The molecule has 2 aliphatic carbocycles. The molecule has 0 aromatic rings. The molecule has 0 radical (unpaired) electrons. The second-order valence-corrected chi connectivity index (χ2v) is 4.48. The van der Waals surface area contributed by atoms with Crippen LogP contribution in [0.1, 0.15) is 27.2 Å². The molecule has 0 saturated heterocycles. The van der Waals surface area contributed by atoms with Gasteiger partial charge in [-0.15, -0.1) is 23.8 Å². The first-order valence-electron chi connectivity index (χ1n) is 5.41. The molecule has 0 aromatic heterocycles. The van der Waals surface area contributed by atoms with Crippen LogP contribution < -0.4 is 0 Å². The molecule has 0 aliphatic heterocycles. The fourth-order valence-corrected chi connectivity index (χ4v) is 1.94. The normalized spacial score (nSPS) is 23.7. The molecule has 15 heavy (non-hydrogen) atoms. The number of rotatable bonds is 1. The summed E-state index contributed by atoms with van der Waals surface area (Å²) in [4.78, 5) is 0. The van der Waals surface area contributed by atoms with E-state index in [0.717, 1.165) is 6.42 Å². The maximum atomic E-state index is 3.50. The zero-order chi connectivity index (χ0) is 10.1. The Morgan fingerprint density at radius 1 is 1.40 bits per heavy atom. The Bertz CT molecular complexity index is 354. The van der Waals surface area contributed by atoms with Gasteiger partial charge in [-0.1, -0.05) is 32.8 Å². The van der Waals surface area contributed by atoms with Gasteiger partial charge in [0.15, 0.2) is 0 Å². The molecule has 0 nitrogen and oxygen atoms in total. The Labute approximate surface area is 112 Å². The molecule has 0 N–H and O–H groups in total. The van der Waals surface area contributed by atoms with Gasteiger partial charge >= 0.3 is 0 Å². The summed E-state index contributed by atoms with van der Waals surface area (Å²) in [5.41, 5.74) is 4.13. The molecule has 1 heteroatoms. The Hall–Kier alpha value is -0.170. The molecule has 2 rings (SSSR count). The number of fused-ring (bicyclic) bond motifs is 1. The molecule has 0 fully saturated rings. The van der Waals surface area contributed by atoms with Crippen LogP contribution in [0.5, 0.6) is 0 Å². The van der Waals surface area contributed by atoms with Crippen LogP contribution in [0, 0.1) is 17.9 Å². The average molecular weight is 364 g/mol. The third-order valence-corrected chi connectivity index (χ3v) is 2.94. The van der Waals surface area contributed by atoms with E-state index in [4.69, 9.17) is 0 Å². The third-order valence-electron chi connectivity index (χ3n) is 2.94. The van der Waals surface area contributed by atoms with Gasteiger partial charge in [0.05, 0.1) is 0 Å². The van der Waals surface area contributed by atoms with Gasteiger partial charge in [-0.05, 0) is 12.3 Å². The summed E-state index contributed by atoms with van der Waals surface area (Å²) in [5.74, 6) is 1.23. The fourth-order valence-electron chi connectivity index (χ4n) is 1.94. The van der Waals surface area contributed by atoms with E-state index in [-0.39, 0.29) is 25.8 Å². The van der Waals surface area contributed by atoms with Gasteiger partial charge in [-0.3, -0.25) is 0 Å². The Morgan fingerprint density at radius 3 is 2.80 bits per heavy atom. The van der Waals surface area contributed by atoms with Crippen molar-refractivity contribution in [3.63, 3.8) is 0 Å². The molecule has 0 aromatic carbocycles. The maximum absolute atomic E-state index is 3.50. The van der Waals surface area contributed by atoms with Crippen LogP contribution in [0.25, 0.3) is 0 Å². The van der Waals surface area contributed by atoms with Crippen molar-refractivity contribution in [2.45, 2.75) is 27.2 Å². The summed E-state index contributed by atoms with van der Waals surface area (Å²) >= 11 is 0. The predicted molar refractivity (Wildman–Crippen MR) is 60.7 cm³/mol. The van der Waals surface area contributed by atoms with Gasteiger partial charge < -0.3 is 0 Å². The standard InChI is InChI=1S/C14H17.Hf/c1-10(2)13-8-12-7-5-4-6-11(3)14(12)9-13;/h4-5,7,9-11H,6H2,1-3H3;/q-1;. The quantitative estimate of drug-likeness (QED) is 0.490. The van der Waals surface area contributed by atoms with Gasteiger partial charge in [-0.25, -0.2) is 0 Å². The molecule has 0 saturated carbocycles. The second-order valence-electron chi connectivity index (χ2n) is 4.48. The van der Waals surface area contributed by atoms with Crippen molar-refractivity contribution in [1.29, 1.82) is 0 Å². The van der Waals surface area contributed by atoms with Crippen molar-refractivity contribution in [3.8, 4) is 0 Å². The van der Waals surface area contributed by atoms with E-state index in [0.29, 0.717) is 11.8 Å². The van der Waals surface area contributed by atoms with E-state index in [2.05, 4.69) is 51.2 Å². The molecule has 1 atom stereocenters. The molecule has 1 unspecified atom stereocenters. The largest absolute Gasteiger partial charge is 0.168 e. The van der Waals surface area contributed by atoms with Crippen molar-refractivity contribution in [2.24, 2.45) is 11.8 Å². The zero-order valence-electron chi connectivity index (χ0n) is 9.67. The first-order chi connectivity index (χ1) is 6.68. The van der Waals surface area contributed by atoms with Gasteiger partial charge in [-0.2, -0.15) is 17.2 Å². The summed E-state index contributed by atoms with van der Waals surface area (Å²) in [6.45, 7) is 6.75. The van der Waals surface area contributed by atoms with Gasteiger partial charge in [0.2, 0.25) is 0 Å². The van der Waals surface area contributed by atoms with Crippen LogP contribution in [-0.2, 0) is 25.8 Å². The van der Waals surface area contributed by atoms with E-state index < -0.39 is 0 Å². The van der Waals surface area contributed by atoms with Crippen molar-refractivity contribution in [3.05, 3.63) is 47.1 Å². The minimum absolute atomic E-state index is 0. The molecule has 2 aliphatic rings. The van der Waals surface area contributed by atoms with E-state index in [1.807, 2.05) is 0 Å². The Balaban J connectivity index is 0.00000112. The summed E-state index contributed by atoms with van der Waals surface area (Å²) < 4.78 is 0. The van der Waals surface area contributed by atoms with Crippen LogP contribution in [-0.4, -0.2) is 0 Å². The van der Waals surface area contributed by atoms with Gasteiger partial charge in [0.25, 0.3) is 0 Å². The van der Waals surface area contributed by atoms with E-state index in [9.17, 15) is 0 Å². The van der Waals surface area contributed by atoms with Crippen LogP contribution >= 0.6 is 0 Å². The van der Waals surface area contributed by atoms with Crippen LogP contribution in [0.2, 0.25) is 0 Å². The van der Waals surface area contributed by atoms with Crippen LogP contribution in [0.3, 0.4) is 0 Å². The Kier molecular flexibility index (Phi) is 4.51. The summed E-state index contributed by atoms with van der Waals surface area (Å²) in [7, 11) is 0. The van der Waals surface area contributed by atoms with E-state index in [1.165, 1.54) is 16.7 Å². The van der Waals surface area contributed by atoms with E-state index in [1.54, 1.807) is 0 Å². The first kappa shape index (κ1) is 12.9. The maximum Gasteiger partial charge on any atom is 0 e. The average Bonchev–Trinajstić information content (AvgIpc) is 2.49. The number of hydrogen-bond acceptors (Lipinski definition) is 0. The molecule has 0 heterocycles. The topological polar surface area (TPSA) is 0 Å². The van der Waals surface area contributed by atoms with Crippen molar-refractivity contribution < 1.29 is 25.8 Å². The molecule has 0 bridgehead atoms. The van der Waals surface area contributed by atoms with Crippen LogP contribution in [0.15, 0.2) is 41.0 Å². The minimum Gasteiger partial charge on any atom is -0.168 e. The van der Waals surface area contributed by atoms with Crippen molar-refractivity contribution >= 4 is 0 Å². The van der Waals surface area contributed by atoms with Gasteiger partial charge in [0.1, 0.15) is 0 Å². The zero-order valence-corrected chi connectivity index (χ0v) is 13.3. The smallest absolute Gasteiger partial charge is 0 e. The minimum atomic E-state index is 0. The van der Waals surface area contributed by atoms with E-state index >= 15 is 0 Å². The second kappa shape index (κ2) is 5.25. The number of hydrogen-bond donors (Lipinski definition) is 0.